The normalized spacial score (nSPS) is 21.4. The Morgan fingerprint density at radius 2 is 2.19 bits per heavy atom. The van der Waals surface area contributed by atoms with E-state index in [0.717, 1.165) is 11.5 Å². The molecule has 0 aliphatic carbocycles. The van der Waals surface area contributed by atoms with E-state index in [1.54, 1.807) is 26.2 Å². The van der Waals surface area contributed by atoms with Gasteiger partial charge < -0.3 is 21.0 Å². The van der Waals surface area contributed by atoms with Crippen molar-refractivity contribution in [2.45, 2.75) is 11.4 Å². The van der Waals surface area contributed by atoms with Gasteiger partial charge in [-0.25, -0.2) is 9.39 Å². The Hall–Kier alpha value is -3.01. The number of allylic oxidation sites excluding steroid dienone is 1. The van der Waals surface area contributed by atoms with E-state index < -0.39 is 29.2 Å². The summed E-state index contributed by atoms with van der Waals surface area (Å²) < 4.78 is 4.11. The molecule has 0 aromatic carbocycles. The van der Waals surface area contributed by atoms with E-state index in [1.165, 1.54) is 23.8 Å². The SMILES string of the molecule is CO/N=C(\C(=O)N[C@@H]1C(=O)N2C(C(=O)O)=C(/C=C/C[N+](C)(C)N)CS[C@@H]12)c1nsc(N)n1. The highest BCUT2D eigenvalue weighted by molar-refractivity contribution is 8.00. The number of fused-ring (bicyclic) bond motifs is 1. The molecule has 2 aliphatic rings. The number of carbonyl (C=O) groups is 3. The summed E-state index contributed by atoms with van der Waals surface area (Å²) in [5.74, 6) is 3.70. The molecule has 172 valence electrons. The lowest BCUT2D eigenvalue weighted by Gasteiger charge is -2.49. The van der Waals surface area contributed by atoms with Crippen molar-refractivity contribution in [2.24, 2.45) is 11.0 Å². The summed E-state index contributed by atoms with van der Waals surface area (Å²) in [7, 11) is 4.84. The van der Waals surface area contributed by atoms with Gasteiger partial charge in [-0.2, -0.15) is 15.2 Å². The van der Waals surface area contributed by atoms with Gasteiger partial charge in [0.25, 0.3) is 11.8 Å². The van der Waals surface area contributed by atoms with E-state index in [9.17, 15) is 19.5 Å². The monoisotopic (exact) mass is 483 g/mol. The van der Waals surface area contributed by atoms with Crippen molar-refractivity contribution in [1.82, 2.24) is 19.6 Å². The average molecular weight is 484 g/mol. The number of nitrogens with zero attached hydrogens (tertiary/aromatic N) is 5. The third-order valence-electron chi connectivity index (χ3n) is 4.43. The third-order valence-corrected chi connectivity index (χ3v) is 6.28. The van der Waals surface area contributed by atoms with Crippen LogP contribution in [0.15, 0.2) is 28.6 Å². The average Bonchev–Trinajstić information content (AvgIpc) is 3.14. The highest BCUT2D eigenvalue weighted by Gasteiger charge is 2.54. The number of quaternary nitrogens is 1. The van der Waals surface area contributed by atoms with E-state index in [-0.39, 0.29) is 27.0 Å². The number of rotatable bonds is 8. The molecule has 6 N–H and O–H groups in total. The molecule has 2 amide bonds. The lowest BCUT2D eigenvalue weighted by Crippen LogP contribution is -2.71. The van der Waals surface area contributed by atoms with Crippen molar-refractivity contribution in [3.63, 3.8) is 0 Å². The van der Waals surface area contributed by atoms with E-state index >= 15 is 0 Å². The number of hydrogen-bond acceptors (Lipinski definition) is 11. The first kappa shape index (κ1) is 23.6. The fraction of sp³-hybridized carbons (Fsp3) is 0.412. The predicted octanol–water partition coefficient (Wildman–Crippen LogP) is -1.28. The number of nitrogen functional groups attached to an aromatic ring is 1. The summed E-state index contributed by atoms with van der Waals surface area (Å²) >= 11 is 2.22. The van der Waals surface area contributed by atoms with E-state index in [0.29, 0.717) is 17.9 Å². The van der Waals surface area contributed by atoms with Crippen molar-refractivity contribution >= 4 is 51.9 Å². The first-order valence-corrected chi connectivity index (χ1v) is 11.1. The summed E-state index contributed by atoms with van der Waals surface area (Å²) in [4.78, 5) is 47.2. The van der Waals surface area contributed by atoms with E-state index in [2.05, 4.69) is 24.7 Å². The largest absolute Gasteiger partial charge is 0.477 e. The number of anilines is 1. The van der Waals surface area contributed by atoms with Gasteiger partial charge >= 0.3 is 5.97 Å². The molecule has 1 aromatic heterocycles. The van der Waals surface area contributed by atoms with Crippen LogP contribution in [0.25, 0.3) is 0 Å². The van der Waals surface area contributed by atoms with Crippen LogP contribution in [-0.4, -0.2) is 92.4 Å². The molecular formula is C17H23N8O5S2+. The second-order valence-corrected chi connectivity index (χ2v) is 9.37. The first-order valence-electron chi connectivity index (χ1n) is 9.24. The number of oxime groups is 1. The second-order valence-electron chi connectivity index (χ2n) is 7.48. The number of carboxylic acids is 1. The lowest BCUT2D eigenvalue weighted by atomic mass is 10.0. The molecule has 0 spiro atoms. The summed E-state index contributed by atoms with van der Waals surface area (Å²) in [6.07, 6.45) is 3.43. The Labute approximate surface area is 191 Å². The third kappa shape index (κ3) is 4.90. The molecule has 3 rings (SSSR count). The minimum Gasteiger partial charge on any atom is -0.477 e. The maximum absolute atomic E-state index is 12.8. The molecule has 0 bridgehead atoms. The minimum atomic E-state index is -1.22. The summed E-state index contributed by atoms with van der Waals surface area (Å²) in [6, 6.07) is -0.940. The van der Waals surface area contributed by atoms with Crippen LogP contribution in [0.3, 0.4) is 0 Å². The minimum absolute atomic E-state index is 0.0356. The van der Waals surface area contributed by atoms with Crippen molar-refractivity contribution in [1.29, 1.82) is 0 Å². The topological polar surface area (TPSA) is 186 Å². The van der Waals surface area contributed by atoms with Crippen LogP contribution in [0.2, 0.25) is 0 Å². The maximum Gasteiger partial charge on any atom is 0.352 e. The maximum atomic E-state index is 12.8. The number of amides is 2. The Kier molecular flexibility index (Phi) is 6.82. The number of thioether (sulfide) groups is 1. The number of aliphatic carboxylic acids is 1. The number of aromatic nitrogens is 2. The Morgan fingerprint density at radius 1 is 1.47 bits per heavy atom. The van der Waals surface area contributed by atoms with Crippen molar-refractivity contribution in [3.8, 4) is 0 Å². The summed E-state index contributed by atoms with van der Waals surface area (Å²) in [5.41, 5.74) is 5.70. The van der Waals surface area contributed by atoms with Gasteiger partial charge in [-0.1, -0.05) is 11.2 Å². The van der Waals surface area contributed by atoms with Crippen LogP contribution in [0.4, 0.5) is 5.13 Å². The Bertz CT molecular complexity index is 1030. The van der Waals surface area contributed by atoms with Crippen LogP contribution in [-0.2, 0) is 19.2 Å². The van der Waals surface area contributed by atoms with Gasteiger partial charge in [-0.15, -0.1) is 11.8 Å². The van der Waals surface area contributed by atoms with Crippen LogP contribution in [0.5, 0.6) is 0 Å². The number of carbonyl (C=O) groups excluding carboxylic acids is 2. The van der Waals surface area contributed by atoms with Crippen molar-refractivity contribution in [2.75, 3.05) is 39.2 Å². The number of nitrogens with two attached hydrogens (primary N) is 2. The molecule has 1 fully saturated rings. The molecular weight excluding hydrogens is 460 g/mol. The van der Waals surface area contributed by atoms with E-state index in [1.807, 2.05) is 0 Å². The van der Waals surface area contributed by atoms with Crippen LogP contribution in [0.1, 0.15) is 5.82 Å². The number of β-lactam (4-membered cyclic amide) rings is 1. The molecule has 1 aromatic rings. The zero-order chi connectivity index (χ0) is 23.6. The molecule has 3 heterocycles. The highest BCUT2D eigenvalue weighted by atomic mass is 32.2. The van der Waals surface area contributed by atoms with Crippen LogP contribution >= 0.6 is 23.3 Å². The lowest BCUT2D eigenvalue weighted by molar-refractivity contribution is -0.896. The van der Waals surface area contributed by atoms with Crippen LogP contribution in [0, 0.1) is 0 Å². The molecule has 1 saturated heterocycles. The zero-order valence-electron chi connectivity index (χ0n) is 17.5. The zero-order valence-corrected chi connectivity index (χ0v) is 19.1. The van der Waals surface area contributed by atoms with Gasteiger partial charge in [0.05, 0.1) is 14.1 Å². The van der Waals surface area contributed by atoms with Gasteiger partial charge in [-0.3, -0.25) is 14.5 Å². The molecule has 13 nitrogen and oxygen atoms in total. The number of carboxylic acid groups (broad SMARTS) is 1. The number of nitrogens with one attached hydrogen (secondary N) is 1. The summed E-state index contributed by atoms with van der Waals surface area (Å²) in [6.45, 7) is 0.480. The quantitative estimate of drug-likeness (QED) is 0.114. The molecule has 15 heteroatoms. The van der Waals surface area contributed by atoms with Crippen molar-refractivity contribution in [3.05, 3.63) is 29.2 Å². The van der Waals surface area contributed by atoms with Crippen LogP contribution < -0.4 is 16.9 Å². The van der Waals surface area contributed by atoms with Gasteiger partial charge in [0.2, 0.25) is 11.5 Å². The highest BCUT2D eigenvalue weighted by Crippen LogP contribution is 2.40. The molecule has 0 unspecified atom stereocenters. The van der Waals surface area contributed by atoms with Gasteiger partial charge in [0.15, 0.2) is 5.13 Å². The first-order chi connectivity index (χ1) is 15.0. The predicted molar refractivity (Wildman–Crippen MR) is 118 cm³/mol. The fourth-order valence-corrected chi connectivity index (χ4v) is 4.81. The smallest absolute Gasteiger partial charge is 0.352 e. The van der Waals surface area contributed by atoms with E-state index in [4.69, 9.17) is 11.6 Å². The number of likely N-dealkylation sites (N-methyl/N-ethyl adjacent to an activating group) is 1. The standard InChI is InChI=1S/C17H22N8O5S2/c1-25(2,19)6-4-5-8-7-31-15-10(14(27)24(15)11(8)16(28)29)20-13(26)9(22-30-3)12-21-17(18)32-23-12/h4-5,10,15H,6-7,19H2,1-3H3,(H3-,18,20,21,23,26,28,29)/p+1/b5-4+,22-9-/t10-,15+/m1/s1. The van der Waals surface area contributed by atoms with Gasteiger partial charge in [-0.05, 0) is 11.6 Å². The Morgan fingerprint density at radius 3 is 2.75 bits per heavy atom. The molecule has 2 atom stereocenters. The van der Waals surface area contributed by atoms with Crippen molar-refractivity contribution < 1.29 is 28.9 Å². The molecule has 2 aliphatic heterocycles. The second kappa shape index (κ2) is 9.23. The summed E-state index contributed by atoms with van der Waals surface area (Å²) in [5, 5.41) is 15.5. The number of hydrogen-bond donors (Lipinski definition) is 4. The molecule has 0 radical (unpaired) electrons. The fourth-order valence-electron chi connectivity index (χ4n) is 3.05. The van der Waals surface area contributed by atoms with Gasteiger partial charge in [0, 0.05) is 17.3 Å². The molecule has 32 heavy (non-hydrogen) atoms. The Balaban J connectivity index is 1.78. The molecule has 0 saturated carbocycles. The van der Waals surface area contributed by atoms with Gasteiger partial charge in [0.1, 0.15) is 30.8 Å².